The number of unbranched alkanes of at least 4 members (excludes halogenated alkanes) is 2. The lowest BCUT2D eigenvalue weighted by molar-refractivity contribution is 0.573. The number of rotatable bonds is 8. The molecule has 0 aliphatic heterocycles. The molecule has 0 saturated heterocycles. The first kappa shape index (κ1) is 14.1. The van der Waals surface area contributed by atoms with E-state index in [0.29, 0.717) is 0 Å². The number of aryl methyl sites for hydroxylation is 1. The molecule has 0 amide bonds. The zero-order valence-electron chi connectivity index (χ0n) is 12.2. The van der Waals surface area contributed by atoms with Gasteiger partial charge in [0.05, 0.1) is 17.6 Å². The third kappa shape index (κ3) is 3.57. The molecule has 1 N–H and O–H groups in total. The second kappa shape index (κ2) is 7.29. The van der Waals surface area contributed by atoms with Gasteiger partial charge in [-0.05, 0) is 31.5 Å². The molecule has 104 valence electrons. The largest absolute Gasteiger partial charge is 0.327 e. The highest BCUT2D eigenvalue weighted by Gasteiger charge is 2.08. The average molecular weight is 259 g/mol. The van der Waals surface area contributed by atoms with Gasteiger partial charge in [-0.2, -0.15) is 0 Å². The predicted octanol–water partition coefficient (Wildman–Crippen LogP) is 3.73. The van der Waals surface area contributed by atoms with Crippen LogP contribution in [0.2, 0.25) is 0 Å². The van der Waals surface area contributed by atoms with E-state index in [1.54, 1.807) is 0 Å². The Hall–Kier alpha value is -1.35. The zero-order chi connectivity index (χ0) is 13.5. The molecular formula is C16H25N3. The van der Waals surface area contributed by atoms with Gasteiger partial charge in [-0.15, -0.1) is 0 Å². The Morgan fingerprint density at radius 1 is 1.11 bits per heavy atom. The van der Waals surface area contributed by atoms with Crippen molar-refractivity contribution in [2.24, 2.45) is 0 Å². The lowest BCUT2D eigenvalue weighted by atomic mass is 10.2. The van der Waals surface area contributed by atoms with E-state index in [1.165, 1.54) is 30.6 Å². The van der Waals surface area contributed by atoms with E-state index in [9.17, 15) is 0 Å². The quantitative estimate of drug-likeness (QED) is 0.732. The summed E-state index contributed by atoms with van der Waals surface area (Å²) in [7, 11) is 0. The fourth-order valence-corrected chi connectivity index (χ4v) is 2.43. The molecule has 0 atom stereocenters. The van der Waals surface area contributed by atoms with Gasteiger partial charge in [-0.25, -0.2) is 4.98 Å². The van der Waals surface area contributed by atoms with Crippen LogP contribution in [-0.2, 0) is 13.1 Å². The summed E-state index contributed by atoms with van der Waals surface area (Å²) in [5, 5.41) is 3.51. The van der Waals surface area contributed by atoms with Crippen molar-refractivity contribution >= 4 is 11.0 Å². The fourth-order valence-electron chi connectivity index (χ4n) is 2.43. The van der Waals surface area contributed by atoms with Gasteiger partial charge in [0.15, 0.2) is 0 Å². The van der Waals surface area contributed by atoms with Crippen molar-refractivity contribution in [1.29, 1.82) is 0 Å². The molecule has 0 aliphatic carbocycles. The van der Waals surface area contributed by atoms with E-state index >= 15 is 0 Å². The summed E-state index contributed by atoms with van der Waals surface area (Å²) in [6.07, 6.45) is 4.97. The predicted molar refractivity (Wildman–Crippen MR) is 81.3 cm³/mol. The molecule has 0 aliphatic rings. The Balaban J connectivity index is 2.06. The van der Waals surface area contributed by atoms with Gasteiger partial charge < -0.3 is 9.88 Å². The fraction of sp³-hybridized carbons (Fsp3) is 0.562. The van der Waals surface area contributed by atoms with Crippen molar-refractivity contribution in [3.63, 3.8) is 0 Å². The molecule has 2 aromatic rings. The number of fused-ring (bicyclic) bond motifs is 1. The van der Waals surface area contributed by atoms with Crippen LogP contribution in [0.4, 0.5) is 0 Å². The van der Waals surface area contributed by atoms with Crippen molar-refractivity contribution in [3.05, 3.63) is 30.1 Å². The smallest absolute Gasteiger partial charge is 0.123 e. The lowest BCUT2D eigenvalue weighted by Gasteiger charge is -2.08. The number of hydrogen-bond donors (Lipinski definition) is 1. The molecule has 0 radical (unpaired) electrons. The number of nitrogens with one attached hydrogen (secondary N) is 1. The van der Waals surface area contributed by atoms with Crippen LogP contribution in [0.25, 0.3) is 11.0 Å². The number of hydrogen-bond acceptors (Lipinski definition) is 2. The normalized spacial score (nSPS) is 11.3. The summed E-state index contributed by atoms with van der Waals surface area (Å²) in [5.74, 6) is 1.17. The van der Waals surface area contributed by atoms with Crippen LogP contribution < -0.4 is 5.32 Å². The Morgan fingerprint density at radius 2 is 1.95 bits per heavy atom. The highest BCUT2D eigenvalue weighted by atomic mass is 15.1. The minimum absolute atomic E-state index is 0.873. The van der Waals surface area contributed by atoms with Crippen LogP contribution in [0, 0.1) is 0 Å². The summed E-state index contributed by atoms with van der Waals surface area (Å²) in [4.78, 5) is 4.75. The second-order valence-corrected chi connectivity index (χ2v) is 5.05. The molecule has 2 rings (SSSR count). The van der Waals surface area contributed by atoms with Crippen molar-refractivity contribution in [3.8, 4) is 0 Å². The molecule has 0 unspecified atom stereocenters. The van der Waals surface area contributed by atoms with Gasteiger partial charge in [0.25, 0.3) is 0 Å². The second-order valence-electron chi connectivity index (χ2n) is 5.05. The molecule has 1 heterocycles. The first-order valence-corrected chi connectivity index (χ1v) is 7.51. The van der Waals surface area contributed by atoms with Gasteiger partial charge in [0.2, 0.25) is 0 Å². The molecule has 0 fully saturated rings. The summed E-state index contributed by atoms with van der Waals surface area (Å²) < 4.78 is 2.35. The van der Waals surface area contributed by atoms with Crippen LogP contribution in [0.5, 0.6) is 0 Å². The standard InChI is InChI=1S/C16H25N3/c1-3-5-8-11-17-13-16-18-14-9-6-7-10-15(14)19(16)12-4-2/h6-7,9-10,17H,3-5,8,11-13H2,1-2H3. The molecule has 3 nitrogen and oxygen atoms in total. The van der Waals surface area contributed by atoms with Crippen molar-refractivity contribution in [2.45, 2.75) is 52.6 Å². The van der Waals surface area contributed by atoms with E-state index in [1.807, 2.05) is 0 Å². The van der Waals surface area contributed by atoms with E-state index in [4.69, 9.17) is 4.98 Å². The first-order chi connectivity index (χ1) is 9.36. The molecule has 0 spiro atoms. The summed E-state index contributed by atoms with van der Waals surface area (Å²) in [5.41, 5.74) is 2.37. The van der Waals surface area contributed by atoms with Crippen LogP contribution in [0.3, 0.4) is 0 Å². The van der Waals surface area contributed by atoms with E-state index in [-0.39, 0.29) is 0 Å². The Morgan fingerprint density at radius 3 is 2.74 bits per heavy atom. The maximum atomic E-state index is 4.75. The number of imidazole rings is 1. The minimum Gasteiger partial charge on any atom is -0.327 e. The van der Waals surface area contributed by atoms with E-state index in [0.717, 1.165) is 31.6 Å². The number of benzene rings is 1. The highest BCUT2D eigenvalue weighted by molar-refractivity contribution is 5.75. The van der Waals surface area contributed by atoms with Crippen LogP contribution >= 0.6 is 0 Å². The van der Waals surface area contributed by atoms with Crippen molar-refractivity contribution in [1.82, 2.24) is 14.9 Å². The van der Waals surface area contributed by atoms with Crippen LogP contribution in [0.1, 0.15) is 45.4 Å². The van der Waals surface area contributed by atoms with Crippen LogP contribution in [-0.4, -0.2) is 16.1 Å². The van der Waals surface area contributed by atoms with E-state index < -0.39 is 0 Å². The molecule has 0 saturated carbocycles. The Labute approximate surface area is 116 Å². The summed E-state index contributed by atoms with van der Waals surface area (Å²) in [6, 6.07) is 8.42. The van der Waals surface area contributed by atoms with Gasteiger partial charge >= 0.3 is 0 Å². The average Bonchev–Trinajstić information content (AvgIpc) is 2.78. The Kier molecular flexibility index (Phi) is 5.40. The van der Waals surface area contributed by atoms with Crippen molar-refractivity contribution < 1.29 is 0 Å². The van der Waals surface area contributed by atoms with Crippen LogP contribution in [0.15, 0.2) is 24.3 Å². The molecule has 0 bridgehead atoms. The number of nitrogens with zero attached hydrogens (tertiary/aromatic N) is 2. The molecule has 19 heavy (non-hydrogen) atoms. The first-order valence-electron chi connectivity index (χ1n) is 7.51. The monoisotopic (exact) mass is 259 g/mol. The third-order valence-electron chi connectivity index (χ3n) is 3.42. The SMILES string of the molecule is CCCCCNCc1nc2ccccc2n1CCC. The van der Waals surface area contributed by atoms with Gasteiger partial charge in [0.1, 0.15) is 5.82 Å². The van der Waals surface area contributed by atoms with E-state index in [2.05, 4.69) is 48.0 Å². The molecule has 3 heteroatoms. The summed E-state index contributed by atoms with van der Waals surface area (Å²) in [6.45, 7) is 7.46. The third-order valence-corrected chi connectivity index (χ3v) is 3.42. The number of aromatic nitrogens is 2. The zero-order valence-corrected chi connectivity index (χ0v) is 12.2. The van der Waals surface area contributed by atoms with Gasteiger partial charge in [-0.1, -0.05) is 38.8 Å². The molecule has 1 aromatic heterocycles. The lowest BCUT2D eigenvalue weighted by Crippen LogP contribution is -2.18. The summed E-state index contributed by atoms with van der Waals surface area (Å²) >= 11 is 0. The Bertz CT molecular complexity index is 502. The molecular weight excluding hydrogens is 234 g/mol. The molecule has 1 aromatic carbocycles. The topological polar surface area (TPSA) is 29.9 Å². The van der Waals surface area contributed by atoms with Gasteiger partial charge in [0, 0.05) is 6.54 Å². The maximum absolute atomic E-state index is 4.75. The maximum Gasteiger partial charge on any atom is 0.123 e. The van der Waals surface area contributed by atoms with Gasteiger partial charge in [-0.3, -0.25) is 0 Å². The minimum atomic E-state index is 0.873. The van der Waals surface area contributed by atoms with Crippen molar-refractivity contribution in [2.75, 3.05) is 6.54 Å². The number of para-hydroxylation sites is 2. The highest BCUT2D eigenvalue weighted by Crippen LogP contribution is 2.16.